The molecule has 0 aliphatic rings. The maximum absolute atomic E-state index is 13.0. The minimum Gasteiger partial charge on any atom is -0.497 e. The first kappa shape index (κ1) is 15.2. The quantitative estimate of drug-likeness (QED) is 0.571. The predicted molar refractivity (Wildman–Crippen MR) is 96.7 cm³/mol. The molecule has 0 fully saturated rings. The highest BCUT2D eigenvalue weighted by molar-refractivity contribution is 5.92. The van der Waals surface area contributed by atoms with E-state index in [-0.39, 0.29) is 5.56 Å². The fraction of sp³-hybridized carbons (Fsp3) is 0.100. The summed E-state index contributed by atoms with van der Waals surface area (Å²) in [5, 5.41) is 4.60. The molecule has 25 heavy (non-hydrogen) atoms. The topological polar surface area (TPSA) is 57.3 Å². The van der Waals surface area contributed by atoms with Gasteiger partial charge in [-0.15, -0.1) is 0 Å². The first-order valence-corrected chi connectivity index (χ1v) is 7.88. The molecule has 0 spiro atoms. The van der Waals surface area contributed by atoms with Gasteiger partial charge in [0.1, 0.15) is 16.8 Å². The maximum Gasteiger partial charge on any atom is 0.264 e. The van der Waals surface area contributed by atoms with Crippen molar-refractivity contribution in [1.29, 1.82) is 0 Å². The molecule has 4 rings (SSSR count). The van der Waals surface area contributed by atoms with Gasteiger partial charge in [-0.3, -0.25) is 4.79 Å². The molecule has 0 aliphatic heterocycles. The van der Waals surface area contributed by atoms with Gasteiger partial charge in [-0.2, -0.15) is 0 Å². The van der Waals surface area contributed by atoms with Gasteiger partial charge < -0.3 is 13.8 Å². The monoisotopic (exact) mass is 332 g/mol. The predicted octanol–water partition coefficient (Wildman–Crippen LogP) is 3.87. The summed E-state index contributed by atoms with van der Waals surface area (Å²) in [5.74, 6) is 0.700. The number of aromatic nitrogens is 2. The average molecular weight is 332 g/mol. The SMILES string of the molecule is COc1cccc(-c2noc3cc(-c4ccccc4)n(C)c(=O)c23)c1. The Morgan fingerprint density at radius 2 is 1.76 bits per heavy atom. The summed E-state index contributed by atoms with van der Waals surface area (Å²) in [7, 11) is 3.36. The van der Waals surface area contributed by atoms with Crippen LogP contribution in [0.3, 0.4) is 0 Å². The third-order valence-electron chi connectivity index (χ3n) is 4.28. The largest absolute Gasteiger partial charge is 0.497 e. The van der Waals surface area contributed by atoms with Gasteiger partial charge in [0.25, 0.3) is 5.56 Å². The Bertz CT molecular complexity index is 1110. The number of pyridine rings is 1. The third kappa shape index (κ3) is 2.50. The summed E-state index contributed by atoms with van der Waals surface area (Å²) >= 11 is 0. The van der Waals surface area contributed by atoms with Crippen LogP contribution in [-0.2, 0) is 7.05 Å². The van der Waals surface area contributed by atoms with Crippen molar-refractivity contribution in [2.45, 2.75) is 0 Å². The van der Waals surface area contributed by atoms with Crippen molar-refractivity contribution in [1.82, 2.24) is 9.72 Å². The molecule has 4 aromatic rings. The number of hydrogen-bond acceptors (Lipinski definition) is 4. The molecule has 0 aliphatic carbocycles. The zero-order valence-electron chi connectivity index (χ0n) is 13.9. The van der Waals surface area contributed by atoms with Gasteiger partial charge in [-0.25, -0.2) is 0 Å². The minimum absolute atomic E-state index is 0.143. The van der Waals surface area contributed by atoms with E-state index in [1.54, 1.807) is 18.7 Å². The van der Waals surface area contributed by atoms with Crippen molar-refractivity contribution in [3.8, 4) is 28.3 Å². The standard InChI is InChI=1S/C20H16N2O3/c1-22-16(13-7-4-3-5-8-13)12-17-18(20(22)23)19(21-25-17)14-9-6-10-15(11-14)24-2/h3-12H,1-2H3. The lowest BCUT2D eigenvalue weighted by molar-refractivity contribution is 0.415. The van der Waals surface area contributed by atoms with Crippen molar-refractivity contribution in [2.24, 2.45) is 7.05 Å². The second kappa shape index (κ2) is 5.94. The molecule has 0 saturated carbocycles. The molecule has 0 radical (unpaired) electrons. The van der Waals surface area contributed by atoms with E-state index in [9.17, 15) is 4.79 Å². The zero-order valence-corrected chi connectivity index (χ0v) is 13.9. The van der Waals surface area contributed by atoms with Crippen LogP contribution in [0.15, 0.2) is 70.0 Å². The van der Waals surface area contributed by atoms with Gasteiger partial charge in [0.15, 0.2) is 5.58 Å². The molecule has 0 saturated heterocycles. The lowest BCUT2D eigenvalue weighted by atomic mass is 10.1. The Kier molecular flexibility index (Phi) is 3.61. The zero-order chi connectivity index (χ0) is 17.4. The van der Waals surface area contributed by atoms with Crippen LogP contribution in [-0.4, -0.2) is 16.8 Å². The van der Waals surface area contributed by atoms with Crippen LogP contribution in [0, 0.1) is 0 Å². The highest BCUT2D eigenvalue weighted by Gasteiger charge is 2.18. The summed E-state index contributed by atoms with van der Waals surface area (Å²) in [6.07, 6.45) is 0. The molecule has 2 heterocycles. The number of ether oxygens (including phenoxy) is 1. The average Bonchev–Trinajstić information content (AvgIpc) is 3.09. The molecule has 0 amide bonds. The molecule has 2 aromatic carbocycles. The Morgan fingerprint density at radius 1 is 1.00 bits per heavy atom. The fourth-order valence-electron chi connectivity index (χ4n) is 2.96. The molecule has 2 aromatic heterocycles. The summed E-state index contributed by atoms with van der Waals surface area (Å²) in [5.41, 5.74) is 3.36. The van der Waals surface area contributed by atoms with E-state index in [1.165, 1.54) is 0 Å². The normalized spacial score (nSPS) is 11.0. The lowest BCUT2D eigenvalue weighted by Crippen LogP contribution is -2.18. The van der Waals surface area contributed by atoms with Crippen molar-refractivity contribution in [3.05, 3.63) is 71.0 Å². The first-order valence-electron chi connectivity index (χ1n) is 7.88. The fourth-order valence-corrected chi connectivity index (χ4v) is 2.96. The Morgan fingerprint density at radius 3 is 2.52 bits per heavy atom. The van der Waals surface area contributed by atoms with Crippen LogP contribution >= 0.6 is 0 Å². The molecule has 5 nitrogen and oxygen atoms in total. The van der Waals surface area contributed by atoms with Crippen LogP contribution in [0.5, 0.6) is 5.75 Å². The molecular formula is C20H16N2O3. The molecule has 0 bridgehead atoms. The van der Waals surface area contributed by atoms with E-state index < -0.39 is 0 Å². The molecular weight excluding hydrogens is 316 g/mol. The van der Waals surface area contributed by atoms with Gasteiger partial charge >= 0.3 is 0 Å². The third-order valence-corrected chi connectivity index (χ3v) is 4.28. The molecule has 0 unspecified atom stereocenters. The van der Waals surface area contributed by atoms with E-state index in [1.807, 2.05) is 60.7 Å². The lowest BCUT2D eigenvalue weighted by Gasteiger charge is -2.08. The summed E-state index contributed by atoms with van der Waals surface area (Å²) in [6, 6.07) is 19.0. The van der Waals surface area contributed by atoms with Crippen LogP contribution in [0.2, 0.25) is 0 Å². The first-order chi connectivity index (χ1) is 12.2. The van der Waals surface area contributed by atoms with Crippen LogP contribution in [0.25, 0.3) is 33.5 Å². The second-order valence-electron chi connectivity index (χ2n) is 5.76. The van der Waals surface area contributed by atoms with Gasteiger partial charge in [0.2, 0.25) is 0 Å². The van der Waals surface area contributed by atoms with Crippen molar-refractivity contribution in [2.75, 3.05) is 7.11 Å². The Labute approximate surface area is 144 Å². The smallest absolute Gasteiger partial charge is 0.264 e. The summed E-state index contributed by atoms with van der Waals surface area (Å²) < 4.78 is 12.3. The summed E-state index contributed by atoms with van der Waals surface area (Å²) in [6.45, 7) is 0. The van der Waals surface area contributed by atoms with E-state index >= 15 is 0 Å². The number of fused-ring (bicyclic) bond motifs is 1. The minimum atomic E-state index is -0.143. The Hall–Kier alpha value is -3.34. The van der Waals surface area contributed by atoms with Gasteiger partial charge in [0, 0.05) is 18.7 Å². The van der Waals surface area contributed by atoms with E-state index in [4.69, 9.17) is 9.26 Å². The molecule has 0 atom stereocenters. The highest BCUT2D eigenvalue weighted by Crippen LogP contribution is 2.30. The summed E-state index contributed by atoms with van der Waals surface area (Å²) in [4.78, 5) is 13.0. The highest BCUT2D eigenvalue weighted by atomic mass is 16.5. The van der Waals surface area contributed by atoms with Crippen LogP contribution < -0.4 is 10.3 Å². The number of methoxy groups -OCH3 is 1. The number of rotatable bonds is 3. The number of benzene rings is 2. The van der Waals surface area contributed by atoms with Crippen LogP contribution in [0.1, 0.15) is 0 Å². The number of hydrogen-bond donors (Lipinski definition) is 0. The van der Waals surface area contributed by atoms with Gasteiger partial charge in [-0.05, 0) is 17.7 Å². The van der Waals surface area contributed by atoms with Gasteiger partial charge in [-0.1, -0.05) is 47.6 Å². The molecule has 0 N–H and O–H groups in total. The van der Waals surface area contributed by atoms with E-state index in [0.717, 1.165) is 16.8 Å². The van der Waals surface area contributed by atoms with Gasteiger partial charge in [0.05, 0.1) is 12.8 Å². The second-order valence-corrected chi connectivity index (χ2v) is 5.76. The van der Waals surface area contributed by atoms with Crippen molar-refractivity contribution >= 4 is 11.0 Å². The number of nitrogens with zero attached hydrogens (tertiary/aromatic N) is 2. The van der Waals surface area contributed by atoms with E-state index in [0.29, 0.717) is 22.4 Å². The Balaban J connectivity index is 1.96. The molecule has 5 heteroatoms. The van der Waals surface area contributed by atoms with Crippen molar-refractivity contribution in [3.63, 3.8) is 0 Å². The molecule has 124 valence electrons. The maximum atomic E-state index is 13.0. The van der Waals surface area contributed by atoms with Crippen LogP contribution in [0.4, 0.5) is 0 Å². The van der Waals surface area contributed by atoms with Crippen molar-refractivity contribution < 1.29 is 9.26 Å². The van der Waals surface area contributed by atoms with E-state index in [2.05, 4.69) is 5.16 Å².